The monoisotopic (exact) mass is 269 g/mol. The molecule has 0 spiro atoms. The molecule has 0 unspecified atom stereocenters. The number of carbonyl (C=O) groups excluding carboxylic acids is 1. The molecule has 0 aliphatic rings. The fourth-order valence-electron chi connectivity index (χ4n) is 1.78. The standard InChI is InChI=1S/C15H12FN3O/c16-13-3-1-2-11(8-13)4-7-19-15(20)14-10-18-6-5-12(14)9-17/h1-3,5-6,8,10H,4,7H2,(H,19,20). The number of benzene rings is 1. The molecule has 4 nitrogen and oxygen atoms in total. The molecule has 0 radical (unpaired) electrons. The molecule has 1 aromatic carbocycles. The van der Waals surface area contributed by atoms with Crippen LogP contribution in [0.5, 0.6) is 0 Å². The third-order valence-electron chi connectivity index (χ3n) is 2.77. The normalized spacial score (nSPS) is 9.80. The van der Waals surface area contributed by atoms with Crippen LogP contribution in [0.4, 0.5) is 4.39 Å². The van der Waals surface area contributed by atoms with Crippen LogP contribution in [0.1, 0.15) is 21.5 Å². The molecule has 1 heterocycles. The van der Waals surface area contributed by atoms with Crippen LogP contribution in [0.3, 0.4) is 0 Å². The van der Waals surface area contributed by atoms with Gasteiger partial charge in [-0.15, -0.1) is 0 Å². The highest BCUT2D eigenvalue weighted by Gasteiger charge is 2.10. The van der Waals surface area contributed by atoms with Gasteiger partial charge in [-0.1, -0.05) is 12.1 Å². The van der Waals surface area contributed by atoms with E-state index in [4.69, 9.17) is 5.26 Å². The average molecular weight is 269 g/mol. The number of halogens is 1. The van der Waals surface area contributed by atoms with Crippen LogP contribution in [-0.4, -0.2) is 17.4 Å². The Morgan fingerprint density at radius 3 is 3.00 bits per heavy atom. The third kappa shape index (κ3) is 3.39. The zero-order chi connectivity index (χ0) is 14.4. The Morgan fingerprint density at radius 2 is 2.25 bits per heavy atom. The van der Waals surface area contributed by atoms with Gasteiger partial charge >= 0.3 is 0 Å². The number of rotatable bonds is 4. The molecular formula is C15H12FN3O. The molecule has 0 bridgehead atoms. The minimum atomic E-state index is -0.356. The Hall–Kier alpha value is -2.74. The summed E-state index contributed by atoms with van der Waals surface area (Å²) in [4.78, 5) is 15.7. The van der Waals surface area contributed by atoms with Crippen molar-refractivity contribution >= 4 is 5.91 Å². The minimum absolute atomic E-state index is 0.245. The van der Waals surface area contributed by atoms with Gasteiger partial charge < -0.3 is 5.32 Å². The molecule has 0 saturated carbocycles. The molecule has 1 aromatic heterocycles. The molecule has 5 heteroatoms. The number of amides is 1. The van der Waals surface area contributed by atoms with Gasteiger partial charge in [-0.05, 0) is 30.2 Å². The molecule has 0 aliphatic heterocycles. The fraction of sp³-hybridized carbons (Fsp3) is 0.133. The van der Waals surface area contributed by atoms with Crippen molar-refractivity contribution in [2.45, 2.75) is 6.42 Å². The van der Waals surface area contributed by atoms with E-state index in [0.717, 1.165) is 5.56 Å². The smallest absolute Gasteiger partial charge is 0.254 e. The van der Waals surface area contributed by atoms with E-state index in [1.165, 1.54) is 30.6 Å². The number of hydrogen-bond acceptors (Lipinski definition) is 3. The summed E-state index contributed by atoms with van der Waals surface area (Å²) in [5.74, 6) is -0.654. The first-order valence-electron chi connectivity index (χ1n) is 6.07. The maximum Gasteiger partial charge on any atom is 0.254 e. The molecule has 0 aliphatic carbocycles. The van der Waals surface area contributed by atoms with E-state index in [0.29, 0.717) is 13.0 Å². The summed E-state index contributed by atoms with van der Waals surface area (Å²) in [6.45, 7) is 0.363. The van der Waals surface area contributed by atoms with Gasteiger partial charge in [0.05, 0.1) is 11.1 Å². The van der Waals surface area contributed by atoms with Gasteiger partial charge in [0.15, 0.2) is 0 Å². The summed E-state index contributed by atoms with van der Waals surface area (Å²) in [5, 5.41) is 11.6. The highest BCUT2D eigenvalue weighted by Crippen LogP contribution is 2.06. The van der Waals surface area contributed by atoms with Crippen molar-refractivity contribution in [3.8, 4) is 6.07 Å². The Balaban J connectivity index is 1.94. The van der Waals surface area contributed by atoms with Crippen LogP contribution >= 0.6 is 0 Å². The lowest BCUT2D eigenvalue weighted by molar-refractivity contribution is 0.0953. The Morgan fingerprint density at radius 1 is 1.40 bits per heavy atom. The fourth-order valence-corrected chi connectivity index (χ4v) is 1.78. The number of aromatic nitrogens is 1. The van der Waals surface area contributed by atoms with Crippen molar-refractivity contribution in [2.24, 2.45) is 0 Å². The number of hydrogen-bond donors (Lipinski definition) is 1. The van der Waals surface area contributed by atoms with Crippen LogP contribution in [0.2, 0.25) is 0 Å². The van der Waals surface area contributed by atoms with Crippen LogP contribution < -0.4 is 5.32 Å². The van der Waals surface area contributed by atoms with Gasteiger partial charge in [-0.3, -0.25) is 9.78 Å². The molecule has 2 aromatic rings. The van der Waals surface area contributed by atoms with Crippen LogP contribution in [0, 0.1) is 17.1 Å². The number of pyridine rings is 1. The maximum atomic E-state index is 13.0. The molecule has 0 saturated heterocycles. The lowest BCUT2D eigenvalue weighted by atomic mass is 10.1. The van der Waals surface area contributed by atoms with E-state index in [2.05, 4.69) is 10.3 Å². The number of nitrogens with one attached hydrogen (secondary N) is 1. The highest BCUT2D eigenvalue weighted by atomic mass is 19.1. The Labute approximate surface area is 115 Å². The van der Waals surface area contributed by atoms with Crippen molar-refractivity contribution in [1.82, 2.24) is 10.3 Å². The summed E-state index contributed by atoms with van der Waals surface area (Å²) in [7, 11) is 0. The highest BCUT2D eigenvalue weighted by molar-refractivity contribution is 5.96. The van der Waals surface area contributed by atoms with E-state index in [-0.39, 0.29) is 22.9 Å². The van der Waals surface area contributed by atoms with Crippen LogP contribution in [0.15, 0.2) is 42.7 Å². The lowest BCUT2D eigenvalue weighted by Crippen LogP contribution is -2.26. The Bertz CT molecular complexity index is 664. The first-order valence-corrected chi connectivity index (χ1v) is 6.07. The van der Waals surface area contributed by atoms with Gasteiger partial charge in [-0.25, -0.2) is 4.39 Å². The minimum Gasteiger partial charge on any atom is -0.352 e. The predicted octanol–water partition coefficient (Wildman–Crippen LogP) is 2.06. The zero-order valence-electron chi connectivity index (χ0n) is 10.6. The summed E-state index contributed by atoms with van der Waals surface area (Å²) in [6, 6.07) is 9.65. The van der Waals surface area contributed by atoms with Gasteiger partial charge in [0.2, 0.25) is 0 Å². The summed E-state index contributed by atoms with van der Waals surface area (Å²) in [6.07, 6.45) is 3.34. The second-order valence-corrected chi connectivity index (χ2v) is 4.17. The van der Waals surface area contributed by atoms with E-state index in [1.807, 2.05) is 6.07 Å². The molecule has 2 rings (SSSR count). The second kappa shape index (κ2) is 6.43. The lowest BCUT2D eigenvalue weighted by Gasteiger charge is -2.06. The number of nitriles is 1. The molecule has 1 N–H and O–H groups in total. The largest absolute Gasteiger partial charge is 0.352 e. The van der Waals surface area contributed by atoms with E-state index < -0.39 is 0 Å². The van der Waals surface area contributed by atoms with Crippen LogP contribution in [0.25, 0.3) is 0 Å². The van der Waals surface area contributed by atoms with Crippen LogP contribution in [-0.2, 0) is 6.42 Å². The first kappa shape index (κ1) is 13.7. The van der Waals surface area contributed by atoms with Crippen molar-refractivity contribution < 1.29 is 9.18 Å². The maximum absolute atomic E-state index is 13.0. The van der Waals surface area contributed by atoms with Gasteiger partial charge in [0.25, 0.3) is 5.91 Å². The topological polar surface area (TPSA) is 65.8 Å². The molecule has 0 atom stereocenters. The average Bonchev–Trinajstić information content (AvgIpc) is 2.47. The predicted molar refractivity (Wildman–Crippen MR) is 71.4 cm³/mol. The summed E-state index contributed by atoms with van der Waals surface area (Å²) in [5.41, 5.74) is 1.33. The van der Waals surface area contributed by atoms with Gasteiger partial charge in [0.1, 0.15) is 11.9 Å². The zero-order valence-corrected chi connectivity index (χ0v) is 10.6. The van der Waals surface area contributed by atoms with Gasteiger partial charge in [-0.2, -0.15) is 5.26 Å². The molecule has 20 heavy (non-hydrogen) atoms. The second-order valence-electron chi connectivity index (χ2n) is 4.17. The van der Waals surface area contributed by atoms with E-state index in [9.17, 15) is 9.18 Å². The quantitative estimate of drug-likeness (QED) is 0.924. The first-order chi connectivity index (χ1) is 9.70. The van der Waals surface area contributed by atoms with Crippen molar-refractivity contribution in [3.05, 3.63) is 65.2 Å². The molecule has 0 fully saturated rings. The third-order valence-corrected chi connectivity index (χ3v) is 2.77. The van der Waals surface area contributed by atoms with Gasteiger partial charge in [0, 0.05) is 18.9 Å². The molecule has 1 amide bonds. The van der Waals surface area contributed by atoms with Crippen molar-refractivity contribution in [3.63, 3.8) is 0 Å². The van der Waals surface area contributed by atoms with Crippen molar-refractivity contribution in [1.29, 1.82) is 5.26 Å². The summed E-state index contributed by atoms with van der Waals surface area (Å²) < 4.78 is 13.0. The Kier molecular flexibility index (Phi) is 4.40. The molecular weight excluding hydrogens is 257 g/mol. The SMILES string of the molecule is N#Cc1ccncc1C(=O)NCCc1cccc(F)c1. The molecule has 100 valence electrons. The number of nitrogens with zero attached hydrogens (tertiary/aromatic N) is 2. The number of carbonyl (C=O) groups is 1. The van der Waals surface area contributed by atoms with E-state index >= 15 is 0 Å². The summed E-state index contributed by atoms with van der Waals surface area (Å²) >= 11 is 0. The van der Waals surface area contributed by atoms with E-state index in [1.54, 1.807) is 12.1 Å². The van der Waals surface area contributed by atoms with Crippen molar-refractivity contribution in [2.75, 3.05) is 6.54 Å².